The Morgan fingerprint density at radius 1 is 0.923 bits per heavy atom. The summed E-state index contributed by atoms with van der Waals surface area (Å²) in [7, 11) is 0. The molecule has 0 N–H and O–H groups in total. The van der Waals surface area contributed by atoms with E-state index in [0.29, 0.717) is 11.8 Å². The van der Waals surface area contributed by atoms with Crippen molar-refractivity contribution in [3.63, 3.8) is 0 Å². The molecule has 5 heteroatoms. The second kappa shape index (κ2) is 5.74. The Morgan fingerprint density at radius 3 is 2.23 bits per heavy atom. The van der Waals surface area contributed by atoms with Gasteiger partial charge in [-0.25, -0.2) is 0 Å². The van der Waals surface area contributed by atoms with E-state index in [1.54, 1.807) is 0 Å². The fraction of sp³-hybridized carbons (Fsp3) is 0.762. The second-order valence-corrected chi connectivity index (χ2v) is 9.34. The van der Waals surface area contributed by atoms with Crippen molar-refractivity contribution in [3.8, 4) is 0 Å². The lowest BCUT2D eigenvalue weighted by Crippen LogP contribution is -2.59. The predicted molar refractivity (Wildman–Crippen MR) is 94.5 cm³/mol. The van der Waals surface area contributed by atoms with E-state index in [1.807, 2.05) is 12.4 Å². The van der Waals surface area contributed by atoms with E-state index in [0.717, 1.165) is 44.3 Å². The monoisotopic (exact) mass is 356 g/mol. The number of likely N-dealkylation sites (tertiary alicyclic amines) is 1. The number of hydrogen-bond acceptors (Lipinski definition) is 5. The summed E-state index contributed by atoms with van der Waals surface area (Å²) in [5, 5.41) is 0. The molecule has 140 valence electrons. The summed E-state index contributed by atoms with van der Waals surface area (Å²) in [6, 6.07) is 4.19. The van der Waals surface area contributed by atoms with Crippen LogP contribution in [0.25, 0.3) is 0 Å². The molecule has 26 heavy (non-hydrogen) atoms. The molecule has 2 aliphatic heterocycles. The number of ether oxygens (including phenoxy) is 1. The molecule has 6 aliphatic rings. The van der Waals surface area contributed by atoms with Crippen molar-refractivity contribution in [1.29, 1.82) is 0 Å². The van der Waals surface area contributed by atoms with Crippen LogP contribution in [0.5, 0.6) is 0 Å². The maximum absolute atomic E-state index is 6.77. The van der Waals surface area contributed by atoms with E-state index < -0.39 is 11.6 Å². The molecule has 4 bridgehead atoms. The molecule has 1 aromatic rings. The summed E-state index contributed by atoms with van der Waals surface area (Å²) < 4.78 is 6.77. The van der Waals surface area contributed by atoms with Gasteiger partial charge in [-0.05, 0) is 61.6 Å². The Kier molecular flexibility index (Phi) is 3.53. The van der Waals surface area contributed by atoms with Gasteiger partial charge in [0.15, 0.2) is 0 Å². The normalized spacial score (nSPS) is 43.5. The lowest BCUT2D eigenvalue weighted by Gasteiger charge is -2.57. The lowest BCUT2D eigenvalue weighted by atomic mass is 9.53. The molecule has 4 aliphatic carbocycles. The molecule has 0 aromatic carbocycles. The summed E-state index contributed by atoms with van der Waals surface area (Å²) >= 11 is 0. The molecule has 0 amide bonds. The van der Waals surface area contributed by atoms with E-state index >= 15 is 0 Å². The highest BCUT2D eigenvalue weighted by Crippen LogP contribution is 2.63. The van der Waals surface area contributed by atoms with Gasteiger partial charge in [-0.15, -0.1) is 0 Å². The van der Waals surface area contributed by atoms with Crippen LogP contribution in [-0.2, 0) is 21.1 Å². The van der Waals surface area contributed by atoms with Crippen molar-refractivity contribution in [1.82, 2.24) is 9.88 Å². The maximum Gasteiger partial charge on any atom is 0.210 e. The Balaban J connectivity index is 1.14. The Morgan fingerprint density at radius 2 is 1.58 bits per heavy atom. The fourth-order valence-electron chi connectivity index (χ4n) is 6.59. The Labute approximate surface area is 154 Å². The zero-order valence-corrected chi connectivity index (χ0v) is 15.3. The number of nitrogens with zero attached hydrogens (tertiary/aromatic N) is 2. The number of aromatic nitrogens is 1. The van der Waals surface area contributed by atoms with Crippen molar-refractivity contribution < 1.29 is 14.5 Å². The Hall–Kier alpha value is -1.01. The predicted octanol–water partition coefficient (Wildman–Crippen LogP) is 3.50. The largest absolute Gasteiger partial charge is 0.312 e. The molecular weight excluding hydrogens is 328 g/mol. The summed E-state index contributed by atoms with van der Waals surface area (Å²) in [5.41, 5.74) is 1.32. The van der Waals surface area contributed by atoms with Crippen molar-refractivity contribution in [3.05, 3.63) is 30.1 Å². The van der Waals surface area contributed by atoms with Gasteiger partial charge in [0.05, 0.1) is 0 Å². The Bertz CT molecular complexity index is 643. The molecule has 5 nitrogen and oxygen atoms in total. The van der Waals surface area contributed by atoms with Gasteiger partial charge in [0.2, 0.25) is 11.6 Å². The first-order valence-electron chi connectivity index (χ1n) is 10.4. The zero-order valence-electron chi connectivity index (χ0n) is 15.3. The van der Waals surface area contributed by atoms with Crippen LogP contribution < -0.4 is 0 Å². The number of rotatable bonds is 2. The first-order valence-corrected chi connectivity index (χ1v) is 10.4. The molecule has 0 radical (unpaired) electrons. The summed E-state index contributed by atoms with van der Waals surface area (Å²) in [6.45, 7) is 2.95. The smallest absolute Gasteiger partial charge is 0.210 e. The van der Waals surface area contributed by atoms with Gasteiger partial charge >= 0.3 is 0 Å². The average Bonchev–Trinajstić information content (AvgIpc) is 3.03. The van der Waals surface area contributed by atoms with Crippen LogP contribution in [0.15, 0.2) is 24.5 Å². The molecular formula is C21H28N2O3. The summed E-state index contributed by atoms with van der Waals surface area (Å²) in [4.78, 5) is 18.7. The minimum Gasteiger partial charge on any atom is -0.312 e. The SMILES string of the molecule is c1cc(CN2CCC3(CC2)OOC2(O3)C3CC4CC(C3)CC2C4)ccn1. The van der Waals surface area contributed by atoms with Gasteiger partial charge in [0, 0.05) is 56.7 Å². The van der Waals surface area contributed by atoms with E-state index in [2.05, 4.69) is 22.0 Å². The van der Waals surface area contributed by atoms with Crippen LogP contribution in [0.3, 0.4) is 0 Å². The standard InChI is InChI=1S/C21H28N2O3/c1-5-22-6-2-15(1)14-23-7-3-20(4-8-23)24-21(26-25-20)18-10-16-9-17(12-18)13-19(21)11-16/h1-2,5-6,16-19H,3-4,7-14H2. The molecule has 0 atom stereocenters. The highest BCUT2D eigenvalue weighted by molar-refractivity contribution is 5.10. The molecule has 1 aromatic heterocycles. The van der Waals surface area contributed by atoms with Gasteiger partial charge in [0.25, 0.3) is 0 Å². The summed E-state index contributed by atoms with van der Waals surface area (Å²) in [6.07, 6.45) is 12.1. The van der Waals surface area contributed by atoms with Gasteiger partial charge in [-0.3, -0.25) is 9.88 Å². The first-order chi connectivity index (χ1) is 12.7. The molecule has 6 fully saturated rings. The van der Waals surface area contributed by atoms with E-state index in [1.165, 1.54) is 37.7 Å². The van der Waals surface area contributed by atoms with Crippen molar-refractivity contribution in [2.24, 2.45) is 23.7 Å². The molecule has 3 heterocycles. The quantitative estimate of drug-likeness (QED) is 0.759. The highest BCUT2D eigenvalue weighted by Gasteiger charge is 2.66. The van der Waals surface area contributed by atoms with Crippen molar-refractivity contribution in [2.45, 2.75) is 63.1 Å². The van der Waals surface area contributed by atoms with Crippen molar-refractivity contribution >= 4 is 0 Å². The molecule has 2 spiro atoms. The van der Waals surface area contributed by atoms with Crippen LogP contribution >= 0.6 is 0 Å². The maximum atomic E-state index is 6.77. The van der Waals surface area contributed by atoms with Crippen LogP contribution in [0.1, 0.15) is 50.5 Å². The van der Waals surface area contributed by atoms with Crippen LogP contribution in [-0.4, -0.2) is 34.5 Å². The third-order valence-corrected chi connectivity index (χ3v) is 7.72. The molecule has 7 rings (SSSR count). The van der Waals surface area contributed by atoms with Crippen LogP contribution in [0.4, 0.5) is 0 Å². The van der Waals surface area contributed by atoms with E-state index in [4.69, 9.17) is 14.5 Å². The topological polar surface area (TPSA) is 43.8 Å². The van der Waals surface area contributed by atoms with Crippen LogP contribution in [0, 0.1) is 23.7 Å². The van der Waals surface area contributed by atoms with Gasteiger partial charge < -0.3 is 4.74 Å². The average molecular weight is 356 g/mol. The van der Waals surface area contributed by atoms with Gasteiger partial charge in [0.1, 0.15) is 0 Å². The minimum absolute atomic E-state index is 0.430. The first kappa shape index (κ1) is 16.0. The van der Waals surface area contributed by atoms with E-state index in [-0.39, 0.29) is 0 Å². The number of piperidine rings is 1. The van der Waals surface area contributed by atoms with Crippen LogP contribution in [0.2, 0.25) is 0 Å². The minimum atomic E-state index is -0.510. The van der Waals surface area contributed by atoms with Crippen molar-refractivity contribution in [2.75, 3.05) is 13.1 Å². The lowest BCUT2D eigenvalue weighted by molar-refractivity contribution is -0.390. The second-order valence-electron chi connectivity index (χ2n) is 9.34. The highest BCUT2D eigenvalue weighted by atomic mass is 17.3. The van der Waals surface area contributed by atoms with E-state index in [9.17, 15) is 0 Å². The molecule has 4 saturated carbocycles. The number of hydrogen-bond donors (Lipinski definition) is 0. The number of pyridine rings is 1. The third kappa shape index (κ3) is 2.40. The molecule has 0 unspecified atom stereocenters. The van der Waals surface area contributed by atoms with Gasteiger partial charge in [-0.1, -0.05) is 0 Å². The van der Waals surface area contributed by atoms with Gasteiger partial charge in [-0.2, -0.15) is 9.78 Å². The third-order valence-electron chi connectivity index (χ3n) is 7.72. The zero-order chi connectivity index (χ0) is 17.2. The summed E-state index contributed by atoms with van der Waals surface area (Å²) in [5.74, 6) is 1.98. The fourth-order valence-corrected chi connectivity index (χ4v) is 6.59. The molecule has 2 saturated heterocycles.